The minimum absolute atomic E-state index is 0.264. The summed E-state index contributed by atoms with van der Waals surface area (Å²) in [6, 6.07) is 11.6. The zero-order chi connectivity index (χ0) is 22.8. The quantitative estimate of drug-likeness (QED) is 0.391. The lowest BCUT2D eigenvalue weighted by Crippen LogP contribution is -2.38. The number of anilines is 1. The lowest BCUT2D eigenvalue weighted by atomic mass is 10.0. The van der Waals surface area contributed by atoms with E-state index in [4.69, 9.17) is 16.3 Å². The van der Waals surface area contributed by atoms with Crippen molar-refractivity contribution in [2.45, 2.75) is 5.92 Å². The van der Waals surface area contributed by atoms with Crippen molar-refractivity contribution < 1.29 is 9.53 Å². The van der Waals surface area contributed by atoms with Crippen LogP contribution in [0.3, 0.4) is 0 Å². The third-order valence-electron chi connectivity index (χ3n) is 5.31. The van der Waals surface area contributed by atoms with Crippen LogP contribution in [-0.4, -0.2) is 56.2 Å². The Labute approximate surface area is 198 Å². The number of imidazole rings is 1. The Balaban J connectivity index is 1.52. The SMILES string of the molecule is N#CC(C(=O)/C=C/c1c(Cl)nc2sccn12)c1nnc(N2CCOCC2)n1-c1ccccc1. The van der Waals surface area contributed by atoms with Gasteiger partial charge in [-0.2, -0.15) is 5.26 Å². The molecular weight excluding hydrogens is 462 g/mol. The van der Waals surface area contributed by atoms with Crippen LogP contribution < -0.4 is 4.90 Å². The second-order valence-electron chi connectivity index (χ2n) is 7.27. The van der Waals surface area contributed by atoms with E-state index in [1.165, 1.54) is 17.4 Å². The van der Waals surface area contributed by atoms with Crippen LogP contribution in [0, 0.1) is 11.3 Å². The van der Waals surface area contributed by atoms with E-state index in [1.54, 1.807) is 15.0 Å². The van der Waals surface area contributed by atoms with Crippen molar-refractivity contribution in [1.29, 1.82) is 5.26 Å². The Hall–Kier alpha value is -3.52. The van der Waals surface area contributed by atoms with Gasteiger partial charge in [0, 0.05) is 24.7 Å². The minimum atomic E-state index is -1.14. The van der Waals surface area contributed by atoms with Crippen LogP contribution in [0.25, 0.3) is 16.7 Å². The van der Waals surface area contributed by atoms with E-state index in [-0.39, 0.29) is 5.82 Å². The van der Waals surface area contributed by atoms with E-state index in [9.17, 15) is 10.1 Å². The van der Waals surface area contributed by atoms with Gasteiger partial charge < -0.3 is 9.64 Å². The molecule has 1 saturated heterocycles. The summed E-state index contributed by atoms with van der Waals surface area (Å²) in [5.74, 6) is -0.722. The highest BCUT2D eigenvalue weighted by atomic mass is 35.5. The number of rotatable bonds is 6. The van der Waals surface area contributed by atoms with Crippen molar-refractivity contribution in [3.8, 4) is 11.8 Å². The lowest BCUT2D eigenvalue weighted by Gasteiger charge is -2.28. The van der Waals surface area contributed by atoms with Crippen molar-refractivity contribution in [2.75, 3.05) is 31.2 Å². The predicted molar refractivity (Wildman–Crippen MR) is 125 cm³/mol. The van der Waals surface area contributed by atoms with Crippen molar-refractivity contribution in [3.63, 3.8) is 0 Å². The lowest BCUT2D eigenvalue weighted by molar-refractivity contribution is -0.115. The van der Waals surface area contributed by atoms with Gasteiger partial charge in [-0.3, -0.25) is 13.8 Å². The molecule has 3 aromatic heterocycles. The van der Waals surface area contributed by atoms with Crippen LogP contribution in [0.15, 0.2) is 48.0 Å². The van der Waals surface area contributed by atoms with Gasteiger partial charge in [0.15, 0.2) is 27.6 Å². The van der Waals surface area contributed by atoms with Gasteiger partial charge in [-0.05, 0) is 24.3 Å². The molecule has 11 heteroatoms. The van der Waals surface area contributed by atoms with Gasteiger partial charge in [-0.25, -0.2) is 4.98 Å². The van der Waals surface area contributed by atoms with Gasteiger partial charge in [0.05, 0.1) is 30.7 Å². The maximum atomic E-state index is 13.1. The molecule has 1 aliphatic rings. The van der Waals surface area contributed by atoms with Gasteiger partial charge in [-0.15, -0.1) is 21.5 Å². The fourth-order valence-corrected chi connectivity index (χ4v) is 4.70. The number of halogens is 1. The smallest absolute Gasteiger partial charge is 0.232 e. The zero-order valence-electron chi connectivity index (χ0n) is 17.3. The van der Waals surface area contributed by atoms with Gasteiger partial charge >= 0.3 is 0 Å². The molecule has 0 aliphatic carbocycles. The molecule has 1 aliphatic heterocycles. The number of nitriles is 1. The van der Waals surface area contributed by atoms with Crippen LogP contribution in [0.1, 0.15) is 17.4 Å². The number of thiazole rings is 1. The molecule has 0 spiro atoms. The first-order chi connectivity index (χ1) is 16.2. The van der Waals surface area contributed by atoms with E-state index >= 15 is 0 Å². The standard InChI is InChI=1S/C22H18ClN7O2S/c23-19-17(29-10-13-33-22(29)25-19)6-7-18(31)16(14-24)20-26-27-21(28-8-11-32-12-9-28)30(20)15-4-2-1-3-5-15/h1-7,10,13,16H,8-9,11-12H2/b7-6+. The maximum Gasteiger partial charge on any atom is 0.232 e. The number of ketones is 1. The van der Waals surface area contributed by atoms with Crippen molar-refractivity contribution in [2.24, 2.45) is 0 Å². The normalized spacial score (nSPS) is 15.2. The molecule has 4 aromatic rings. The molecule has 1 atom stereocenters. The molecule has 1 unspecified atom stereocenters. The molecule has 5 rings (SSSR count). The minimum Gasteiger partial charge on any atom is -0.378 e. The summed E-state index contributed by atoms with van der Waals surface area (Å²) in [7, 11) is 0. The highest BCUT2D eigenvalue weighted by Crippen LogP contribution is 2.27. The monoisotopic (exact) mass is 479 g/mol. The third-order valence-corrected chi connectivity index (χ3v) is 6.35. The van der Waals surface area contributed by atoms with E-state index in [0.29, 0.717) is 43.1 Å². The molecule has 1 aromatic carbocycles. The number of allylic oxidation sites excluding steroid dienone is 1. The second-order valence-corrected chi connectivity index (χ2v) is 8.50. The van der Waals surface area contributed by atoms with Crippen molar-refractivity contribution in [1.82, 2.24) is 24.1 Å². The summed E-state index contributed by atoms with van der Waals surface area (Å²) >= 11 is 7.66. The van der Waals surface area contributed by atoms with Crippen LogP contribution in [0.4, 0.5) is 5.95 Å². The van der Waals surface area contributed by atoms with Gasteiger partial charge in [0.25, 0.3) is 0 Å². The van der Waals surface area contributed by atoms with E-state index in [0.717, 1.165) is 10.6 Å². The molecule has 0 bridgehead atoms. The second kappa shape index (κ2) is 9.15. The number of nitrogens with zero attached hydrogens (tertiary/aromatic N) is 7. The van der Waals surface area contributed by atoms with Gasteiger partial charge in [0.1, 0.15) is 0 Å². The molecular formula is C22H18ClN7O2S. The average molecular weight is 480 g/mol. The molecule has 0 amide bonds. The topological polar surface area (TPSA) is 101 Å². The predicted octanol–water partition coefficient (Wildman–Crippen LogP) is 3.36. The highest BCUT2D eigenvalue weighted by Gasteiger charge is 2.29. The first kappa shape index (κ1) is 21.3. The Kier molecular flexibility index (Phi) is 5.92. The Bertz CT molecular complexity index is 1360. The summed E-state index contributed by atoms with van der Waals surface area (Å²) in [5.41, 5.74) is 1.35. The number of carbonyl (C=O) groups is 1. The number of benzene rings is 1. The Morgan fingerprint density at radius 2 is 2.03 bits per heavy atom. The largest absolute Gasteiger partial charge is 0.378 e. The Morgan fingerprint density at radius 3 is 2.79 bits per heavy atom. The summed E-state index contributed by atoms with van der Waals surface area (Å²) in [6.45, 7) is 2.44. The Morgan fingerprint density at radius 1 is 1.24 bits per heavy atom. The highest BCUT2D eigenvalue weighted by molar-refractivity contribution is 7.15. The third kappa shape index (κ3) is 4.02. The molecule has 1 fully saturated rings. The fraction of sp³-hybridized carbons (Fsp3) is 0.227. The molecule has 166 valence electrons. The number of hydrogen-bond acceptors (Lipinski definition) is 8. The number of para-hydroxylation sites is 1. The number of hydrogen-bond donors (Lipinski definition) is 0. The summed E-state index contributed by atoms with van der Waals surface area (Å²) in [5, 5.41) is 20.7. The number of ether oxygens (including phenoxy) is 1. The molecule has 0 radical (unpaired) electrons. The number of carbonyl (C=O) groups excluding carboxylic acids is 1. The van der Waals surface area contributed by atoms with E-state index in [2.05, 4.69) is 21.3 Å². The first-order valence-electron chi connectivity index (χ1n) is 10.2. The van der Waals surface area contributed by atoms with Crippen LogP contribution in [0.5, 0.6) is 0 Å². The van der Waals surface area contributed by atoms with E-state index in [1.807, 2.05) is 46.8 Å². The zero-order valence-corrected chi connectivity index (χ0v) is 18.9. The number of fused-ring (bicyclic) bond motifs is 1. The number of aromatic nitrogens is 5. The molecule has 33 heavy (non-hydrogen) atoms. The maximum absolute atomic E-state index is 13.1. The van der Waals surface area contributed by atoms with Gasteiger partial charge in [-0.1, -0.05) is 29.8 Å². The summed E-state index contributed by atoms with van der Waals surface area (Å²) in [6.07, 6.45) is 4.75. The molecule has 9 nitrogen and oxygen atoms in total. The van der Waals surface area contributed by atoms with Gasteiger partial charge in [0.2, 0.25) is 5.95 Å². The summed E-state index contributed by atoms with van der Waals surface area (Å²) < 4.78 is 9.01. The van der Waals surface area contributed by atoms with Crippen molar-refractivity contribution in [3.05, 3.63) is 64.7 Å². The molecule has 0 saturated carbocycles. The van der Waals surface area contributed by atoms with Crippen LogP contribution in [-0.2, 0) is 9.53 Å². The average Bonchev–Trinajstić information content (AvgIpc) is 3.55. The first-order valence-corrected chi connectivity index (χ1v) is 11.5. The molecule has 4 heterocycles. The number of morpholine rings is 1. The van der Waals surface area contributed by atoms with E-state index < -0.39 is 11.7 Å². The van der Waals surface area contributed by atoms with Crippen LogP contribution in [0.2, 0.25) is 5.15 Å². The molecule has 0 N–H and O–H groups in total. The summed E-state index contributed by atoms with van der Waals surface area (Å²) in [4.78, 5) is 20.2. The fourth-order valence-electron chi connectivity index (χ4n) is 3.70. The van der Waals surface area contributed by atoms with Crippen molar-refractivity contribution >= 4 is 45.7 Å². The van der Waals surface area contributed by atoms with Crippen LogP contribution >= 0.6 is 22.9 Å².